The number of hydrazine groups is 1. The number of alkyl carbamates (subject to hydrolysis) is 2. The number of para-hydroxylation sites is 2. The number of benzene rings is 4. The number of likely N-dealkylation sites (N-methyl/N-ethyl adjacent to an activating group) is 1. The molecule has 2 atom stereocenters. The van der Waals surface area contributed by atoms with Crippen molar-refractivity contribution in [3.05, 3.63) is 144 Å². The lowest BCUT2D eigenvalue weighted by Crippen LogP contribution is -2.59. The van der Waals surface area contributed by atoms with Crippen molar-refractivity contribution in [1.82, 2.24) is 31.0 Å². The summed E-state index contributed by atoms with van der Waals surface area (Å²) in [6.07, 6.45) is 2.21. The van der Waals surface area contributed by atoms with Crippen LogP contribution in [0.1, 0.15) is 29.2 Å². The molecule has 6 rings (SSSR count). The molecule has 0 aliphatic carbocycles. The molecule has 0 radical (unpaired) electrons. The molecule has 2 heterocycles. The molecule has 0 aliphatic rings. The molecule has 2 unspecified atom stereocenters. The van der Waals surface area contributed by atoms with E-state index in [4.69, 9.17) is 9.47 Å². The Morgan fingerprint density at radius 2 is 1.06 bits per heavy atom. The van der Waals surface area contributed by atoms with Gasteiger partial charge in [-0.2, -0.15) is 0 Å². The van der Waals surface area contributed by atoms with Crippen molar-refractivity contribution in [2.45, 2.75) is 45.1 Å². The van der Waals surface area contributed by atoms with Crippen LogP contribution in [0.3, 0.4) is 0 Å². The van der Waals surface area contributed by atoms with Crippen molar-refractivity contribution >= 4 is 45.8 Å². The van der Waals surface area contributed by atoms with Crippen LogP contribution in [0.5, 0.6) is 0 Å². The van der Waals surface area contributed by atoms with E-state index in [0.717, 1.165) is 49.1 Å². The Bertz CT molecular complexity index is 2130. The van der Waals surface area contributed by atoms with Gasteiger partial charge in [-0.05, 0) is 41.3 Å². The molecule has 6 aromatic rings. The fourth-order valence-corrected chi connectivity index (χ4v) is 5.95. The first kappa shape index (κ1) is 35.3. The number of rotatable bonds is 13. The number of carbonyl (C=O) groups is 4. The third-order valence-electron chi connectivity index (χ3n) is 8.65. The second-order valence-electron chi connectivity index (χ2n) is 12.2. The first-order chi connectivity index (χ1) is 25.4. The van der Waals surface area contributed by atoms with Crippen molar-refractivity contribution in [3.8, 4) is 0 Å². The molecule has 2 aromatic heterocycles. The number of carbonyl (C=O) groups excluding carboxylic acids is 4. The standard InChI is InChI=1S/C40H40N6O6/c1-2-46(38(48)36(22-30-24-42-34-20-12-10-18-32(30)34)44-40(50)52-26-28-15-7-4-8-16-28)45-37(47)35(21-29-23-41-33-19-11-9-17-31(29)33)43-39(49)51-25-27-13-5-3-6-14-27/h3-20,23-24,35-36,41-42H,2,21-22,25-26H2,1H3,(H,43,49)(H,44,50)(H,45,47). The summed E-state index contributed by atoms with van der Waals surface area (Å²) in [7, 11) is 0. The number of fused-ring (bicyclic) bond motifs is 2. The van der Waals surface area contributed by atoms with Gasteiger partial charge in [0.05, 0.1) is 0 Å². The second kappa shape index (κ2) is 16.9. The number of nitrogens with zero attached hydrogens (tertiary/aromatic N) is 1. The summed E-state index contributed by atoms with van der Waals surface area (Å²) in [6.45, 7) is 1.78. The highest BCUT2D eigenvalue weighted by atomic mass is 16.6. The maximum atomic E-state index is 14.2. The minimum atomic E-state index is -1.12. The van der Waals surface area contributed by atoms with Crippen LogP contribution < -0.4 is 16.1 Å². The van der Waals surface area contributed by atoms with E-state index in [1.54, 1.807) is 19.3 Å². The molecule has 0 bridgehead atoms. The SMILES string of the molecule is CCN(NC(=O)C(Cc1c[nH]c2ccccc12)NC(=O)OCc1ccccc1)C(=O)C(Cc1c[nH]c2ccccc12)NC(=O)OCc1ccccc1. The van der Waals surface area contributed by atoms with E-state index >= 15 is 0 Å². The zero-order chi connectivity index (χ0) is 36.3. The number of ether oxygens (including phenoxy) is 2. The fourth-order valence-electron chi connectivity index (χ4n) is 5.95. The van der Waals surface area contributed by atoms with E-state index in [0.29, 0.717) is 0 Å². The third-order valence-corrected chi connectivity index (χ3v) is 8.65. The number of nitrogens with one attached hydrogen (secondary N) is 5. The molecule has 12 nitrogen and oxygen atoms in total. The third kappa shape index (κ3) is 8.96. The van der Waals surface area contributed by atoms with Gasteiger partial charge in [0, 0.05) is 53.6 Å². The predicted molar refractivity (Wildman–Crippen MR) is 197 cm³/mol. The van der Waals surface area contributed by atoms with Crippen LogP contribution in [0.15, 0.2) is 122 Å². The zero-order valence-corrected chi connectivity index (χ0v) is 28.6. The second-order valence-corrected chi connectivity index (χ2v) is 12.2. The van der Waals surface area contributed by atoms with E-state index in [1.165, 1.54) is 0 Å². The minimum Gasteiger partial charge on any atom is -0.445 e. The zero-order valence-electron chi connectivity index (χ0n) is 28.6. The quantitative estimate of drug-likeness (QED) is 0.0944. The van der Waals surface area contributed by atoms with Crippen molar-refractivity contribution in [1.29, 1.82) is 0 Å². The van der Waals surface area contributed by atoms with Crippen LogP contribution in [0, 0.1) is 0 Å². The molecule has 5 N–H and O–H groups in total. The Kier molecular flexibility index (Phi) is 11.5. The Hall–Kier alpha value is -6.56. The highest BCUT2D eigenvalue weighted by Crippen LogP contribution is 2.21. The molecule has 0 spiro atoms. The van der Waals surface area contributed by atoms with Gasteiger partial charge in [0.15, 0.2) is 0 Å². The monoisotopic (exact) mass is 700 g/mol. The van der Waals surface area contributed by atoms with E-state index in [-0.39, 0.29) is 32.6 Å². The van der Waals surface area contributed by atoms with Gasteiger partial charge < -0.3 is 30.1 Å². The van der Waals surface area contributed by atoms with Crippen LogP contribution in [-0.4, -0.2) is 57.6 Å². The Labute approximate surface area is 300 Å². The van der Waals surface area contributed by atoms with Gasteiger partial charge in [0.1, 0.15) is 25.3 Å². The number of hydrogen-bond donors (Lipinski definition) is 5. The molecular weight excluding hydrogens is 660 g/mol. The lowest BCUT2D eigenvalue weighted by Gasteiger charge is -2.29. The van der Waals surface area contributed by atoms with Gasteiger partial charge in [0.25, 0.3) is 11.8 Å². The van der Waals surface area contributed by atoms with E-state index < -0.39 is 36.1 Å². The Morgan fingerprint density at radius 1 is 0.615 bits per heavy atom. The van der Waals surface area contributed by atoms with Gasteiger partial charge in [-0.15, -0.1) is 0 Å². The summed E-state index contributed by atoms with van der Waals surface area (Å²) in [6, 6.07) is 31.4. The molecule has 4 aromatic carbocycles. The first-order valence-corrected chi connectivity index (χ1v) is 17.0. The van der Waals surface area contributed by atoms with E-state index in [1.807, 2.05) is 109 Å². The highest BCUT2D eigenvalue weighted by molar-refractivity contribution is 5.92. The van der Waals surface area contributed by atoms with Crippen LogP contribution in [0.25, 0.3) is 21.8 Å². The summed E-state index contributed by atoms with van der Waals surface area (Å²) < 4.78 is 10.9. The summed E-state index contributed by atoms with van der Waals surface area (Å²) in [4.78, 5) is 60.7. The van der Waals surface area contributed by atoms with Gasteiger partial charge >= 0.3 is 12.2 Å². The van der Waals surface area contributed by atoms with Crippen LogP contribution in [0.2, 0.25) is 0 Å². The number of aromatic nitrogens is 2. The summed E-state index contributed by atoms with van der Waals surface area (Å²) in [5.74, 6) is -1.22. The van der Waals surface area contributed by atoms with Gasteiger partial charge in [0.2, 0.25) is 0 Å². The number of H-pyrrole nitrogens is 2. The van der Waals surface area contributed by atoms with Crippen LogP contribution >= 0.6 is 0 Å². The minimum absolute atomic E-state index is 0.00915. The average molecular weight is 701 g/mol. The predicted octanol–water partition coefficient (Wildman–Crippen LogP) is 5.90. The highest BCUT2D eigenvalue weighted by Gasteiger charge is 2.31. The van der Waals surface area contributed by atoms with Crippen LogP contribution in [-0.2, 0) is 45.1 Å². The van der Waals surface area contributed by atoms with Crippen molar-refractivity contribution in [2.75, 3.05) is 6.54 Å². The smallest absolute Gasteiger partial charge is 0.408 e. The molecule has 52 heavy (non-hydrogen) atoms. The summed E-state index contributed by atoms with van der Waals surface area (Å²) >= 11 is 0. The van der Waals surface area contributed by atoms with Crippen LogP contribution in [0.4, 0.5) is 9.59 Å². The Balaban J connectivity index is 1.20. The molecule has 4 amide bonds. The molecule has 0 aliphatic heterocycles. The van der Waals surface area contributed by atoms with Gasteiger partial charge in [-0.1, -0.05) is 97.1 Å². The van der Waals surface area contributed by atoms with Crippen molar-refractivity contribution < 1.29 is 28.7 Å². The molecular formula is C40H40N6O6. The molecule has 0 saturated carbocycles. The van der Waals surface area contributed by atoms with Gasteiger partial charge in [-0.3, -0.25) is 20.0 Å². The van der Waals surface area contributed by atoms with E-state index in [9.17, 15) is 19.2 Å². The first-order valence-electron chi connectivity index (χ1n) is 17.0. The number of amides is 4. The van der Waals surface area contributed by atoms with E-state index in [2.05, 4.69) is 26.0 Å². The lowest BCUT2D eigenvalue weighted by molar-refractivity contribution is -0.143. The maximum Gasteiger partial charge on any atom is 0.408 e. The molecule has 0 fully saturated rings. The van der Waals surface area contributed by atoms with Crippen molar-refractivity contribution in [3.63, 3.8) is 0 Å². The normalized spacial score (nSPS) is 12.1. The number of hydrogen-bond acceptors (Lipinski definition) is 6. The van der Waals surface area contributed by atoms with Crippen molar-refractivity contribution in [2.24, 2.45) is 0 Å². The Morgan fingerprint density at radius 3 is 1.56 bits per heavy atom. The lowest BCUT2D eigenvalue weighted by atomic mass is 10.0. The molecule has 0 saturated heterocycles. The van der Waals surface area contributed by atoms with Gasteiger partial charge in [-0.25, -0.2) is 9.59 Å². The number of aromatic amines is 2. The fraction of sp³-hybridized carbons (Fsp3) is 0.200. The average Bonchev–Trinajstić information content (AvgIpc) is 3.79. The largest absolute Gasteiger partial charge is 0.445 e. The summed E-state index contributed by atoms with van der Waals surface area (Å²) in [5.41, 5.74) is 7.60. The molecule has 266 valence electrons. The summed E-state index contributed by atoms with van der Waals surface area (Å²) in [5, 5.41) is 8.33. The molecule has 12 heteroatoms. The maximum absolute atomic E-state index is 14.2. The topological polar surface area (TPSA) is 158 Å².